The molecule has 32 heavy (non-hydrogen) atoms. The van der Waals surface area contributed by atoms with Crippen LogP contribution >= 0.6 is 0 Å². The lowest BCUT2D eigenvalue weighted by molar-refractivity contribution is 0.0785. The first kappa shape index (κ1) is 20.7. The number of nitrogens with zero attached hydrogens (tertiary/aromatic N) is 2. The van der Waals surface area contributed by atoms with Crippen LogP contribution in [0.2, 0.25) is 0 Å². The van der Waals surface area contributed by atoms with Crippen LogP contribution in [0.5, 0.6) is 5.75 Å². The SMILES string of the molecule is COc1ccc(C(=O)N2CCC(c3ccc(-c4ccccc4C4CC4)cc3CO)C2)nc1. The zero-order valence-electron chi connectivity index (χ0n) is 18.3. The molecule has 2 fully saturated rings. The van der Waals surface area contributed by atoms with Crippen LogP contribution in [-0.4, -0.2) is 41.1 Å². The summed E-state index contributed by atoms with van der Waals surface area (Å²) in [6.45, 7) is 1.32. The van der Waals surface area contributed by atoms with E-state index >= 15 is 0 Å². The van der Waals surface area contributed by atoms with Gasteiger partial charge in [-0.05, 0) is 71.2 Å². The van der Waals surface area contributed by atoms with E-state index < -0.39 is 0 Å². The Balaban J connectivity index is 1.35. The average molecular weight is 429 g/mol. The van der Waals surface area contributed by atoms with Crippen LogP contribution in [0.25, 0.3) is 11.1 Å². The molecule has 5 nitrogen and oxygen atoms in total. The number of ether oxygens (including phenoxy) is 1. The second kappa shape index (κ2) is 8.75. The summed E-state index contributed by atoms with van der Waals surface area (Å²) in [5, 5.41) is 10.1. The lowest BCUT2D eigenvalue weighted by atomic mass is 9.89. The van der Waals surface area contributed by atoms with E-state index in [2.05, 4.69) is 47.4 Å². The molecule has 5 rings (SSSR count). The number of methoxy groups -OCH3 is 1. The molecule has 0 spiro atoms. The van der Waals surface area contributed by atoms with Gasteiger partial charge in [0.05, 0.1) is 19.9 Å². The molecule has 1 saturated heterocycles. The van der Waals surface area contributed by atoms with Gasteiger partial charge in [-0.15, -0.1) is 0 Å². The van der Waals surface area contributed by atoms with Crippen molar-refractivity contribution in [2.24, 2.45) is 0 Å². The molecule has 1 unspecified atom stereocenters. The minimum absolute atomic E-state index is 0.000743. The predicted molar refractivity (Wildman–Crippen MR) is 124 cm³/mol. The Morgan fingerprint density at radius 3 is 2.62 bits per heavy atom. The van der Waals surface area contributed by atoms with E-state index in [1.54, 1.807) is 25.4 Å². The van der Waals surface area contributed by atoms with Crippen molar-refractivity contribution < 1.29 is 14.6 Å². The zero-order chi connectivity index (χ0) is 22.1. The van der Waals surface area contributed by atoms with Crippen molar-refractivity contribution >= 4 is 5.91 Å². The van der Waals surface area contributed by atoms with E-state index in [0.29, 0.717) is 30.5 Å². The topological polar surface area (TPSA) is 62.7 Å². The first-order valence-corrected chi connectivity index (χ1v) is 11.3. The van der Waals surface area contributed by atoms with Crippen LogP contribution in [0, 0.1) is 0 Å². The molecule has 1 aliphatic carbocycles. The van der Waals surface area contributed by atoms with Crippen molar-refractivity contribution in [1.82, 2.24) is 9.88 Å². The number of aromatic nitrogens is 1. The number of carbonyl (C=O) groups is 1. The first-order valence-electron chi connectivity index (χ1n) is 11.3. The predicted octanol–water partition coefficient (Wildman–Crippen LogP) is 4.76. The third-order valence-corrected chi connectivity index (χ3v) is 6.71. The fourth-order valence-corrected chi connectivity index (χ4v) is 4.81. The highest BCUT2D eigenvalue weighted by atomic mass is 16.5. The van der Waals surface area contributed by atoms with Crippen molar-refractivity contribution in [2.75, 3.05) is 20.2 Å². The van der Waals surface area contributed by atoms with Crippen molar-refractivity contribution in [1.29, 1.82) is 0 Å². The Bertz CT molecular complexity index is 1120. The molecular weight excluding hydrogens is 400 g/mol. The normalized spacial score (nSPS) is 18.1. The molecule has 1 saturated carbocycles. The van der Waals surface area contributed by atoms with E-state index in [-0.39, 0.29) is 18.4 Å². The summed E-state index contributed by atoms with van der Waals surface area (Å²) < 4.78 is 5.13. The highest BCUT2D eigenvalue weighted by molar-refractivity contribution is 5.92. The van der Waals surface area contributed by atoms with Gasteiger partial charge < -0.3 is 14.7 Å². The Morgan fingerprint density at radius 2 is 1.91 bits per heavy atom. The van der Waals surface area contributed by atoms with Gasteiger partial charge in [0.15, 0.2) is 0 Å². The monoisotopic (exact) mass is 428 g/mol. The van der Waals surface area contributed by atoms with Gasteiger partial charge in [0.2, 0.25) is 0 Å². The van der Waals surface area contributed by atoms with E-state index in [0.717, 1.165) is 23.1 Å². The summed E-state index contributed by atoms with van der Waals surface area (Å²) in [6.07, 6.45) is 4.98. The quantitative estimate of drug-likeness (QED) is 0.615. The third-order valence-electron chi connectivity index (χ3n) is 6.71. The largest absolute Gasteiger partial charge is 0.495 e. The summed E-state index contributed by atoms with van der Waals surface area (Å²) in [5.41, 5.74) is 6.36. The summed E-state index contributed by atoms with van der Waals surface area (Å²) >= 11 is 0. The van der Waals surface area contributed by atoms with Crippen molar-refractivity contribution in [3.63, 3.8) is 0 Å². The Hall–Kier alpha value is -3.18. The van der Waals surface area contributed by atoms with Gasteiger partial charge >= 0.3 is 0 Å². The van der Waals surface area contributed by atoms with Crippen molar-refractivity contribution in [2.45, 2.75) is 37.7 Å². The number of aliphatic hydroxyl groups excluding tert-OH is 1. The fraction of sp³-hybridized carbons (Fsp3) is 0.333. The molecule has 2 aliphatic rings. The Morgan fingerprint density at radius 1 is 1.06 bits per heavy atom. The minimum Gasteiger partial charge on any atom is -0.495 e. The molecule has 5 heteroatoms. The van der Waals surface area contributed by atoms with Crippen molar-refractivity contribution in [3.05, 3.63) is 83.2 Å². The lowest BCUT2D eigenvalue weighted by Crippen LogP contribution is -2.29. The zero-order valence-corrected chi connectivity index (χ0v) is 18.3. The highest BCUT2D eigenvalue weighted by Gasteiger charge is 2.30. The number of hydrogen-bond donors (Lipinski definition) is 1. The molecule has 1 N–H and O–H groups in total. The number of benzene rings is 2. The molecule has 2 aromatic carbocycles. The number of pyridine rings is 1. The Kier molecular flexibility index (Phi) is 5.66. The molecule has 1 aliphatic heterocycles. The summed E-state index contributed by atoms with van der Waals surface area (Å²) in [5.74, 6) is 1.46. The molecule has 3 aromatic rings. The second-order valence-corrected chi connectivity index (χ2v) is 8.75. The molecular formula is C27H28N2O3. The molecule has 0 bridgehead atoms. The molecule has 1 atom stereocenters. The molecule has 1 aromatic heterocycles. The van der Waals surface area contributed by atoms with Gasteiger partial charge in [0.1, 0.15) is 11.4 Å². The van der Waals surface area contributed by atoms with Gasteiger partial charge in [-0.3, -0.25) is 4.79 Å². The van der Waals surface area contributed by atoms with E-state index in [1.165, 1.54) is 24.0 Å². The number of hydrogen-bond acceptors (Lipinski definition) is 4. The number of amides is 1. The molecule has 2 heterocycles. The number of carbonyl (C=O) groups excluding carboxylic acids is 1. The Labute approximate surface area is 188 Å². The first-order chi connectivity index (χ1) is 15.7. The maximum absolute atomic E-state index is 12.9. The van der Waals surface area contributed by atoms with Crippen LogP contribution in [0.15, 0.2) is 60.8 Å². The second-order valence-electron chi connectivity index (χ2n) is 8.75. The smallest absolute Gasteiger partial charge is 0.272 e. The number of rotatable bonds is 6. The van der Waals surface area contributed by atoms with Crippen LogP contribution in [-0.2, 0) is 6.61 Å². The number of aliphatic hydroxyl groups is 1. The third kappa shape index (κ3) is 4.00. The molecule has 1 amide bonds. The van der Waals surface area contributed by atoms with E-state index in [9.17, 15) is 9.90 Å². The highest BCUT2D eigenvalue weighted by Crippen LogP contribution is 2.44. The van der Waals surface area contributed by atoms with Gasteiger partial charge in [-0.1, -0.05) is 36.4 Å². The standard InChI is InChI=1S/C27H28N2O3/c1-32-22-9-11-26(28-15-22)27(31)29-13-12-20(16-29)23-10-8-19(14-21(23)17-30)25-5-3-2-4-24(25)18-6-7-18/h2-5,8-11,14-15,18,20,30H,6-7,12-13,16-17H2,1H3. The van der Waals surface area contributed by atoms with Gasteiger partial charge in [-0.2, -0.15) is 0 Å². The average Bonchev–Trinajstić information content (AvgIpc) is 3.59. The fourth-order valence-electron chi connectivity index (χ4n) is 4.81. The molecule has 164 valence electrons. The lowest BCUT2D eigenvalue weighted by Gasteiger charge is -2.19. The van der Waals surface area contributed by atoms with Gasteiger partial charge in [-0.25, -0.2) is 4.98 Å². The maximum atomic E-state index is 12.9. The molecule has 0 radical (unpaired) electrons. The van der Waals surface area contributed by atoms with E-state index in [1.807, 2.05) is 4.90 Å². The van der Waals surface area contributed by atoms with Gasteiger partial charge in [0, 0.05) is 19.0 Å². The van der Waals surface area contributed by atoms with Crippen LogP contribution in [0.4, 0.5) is 0 Å². The van der Waals surface area contributed by atoms with Crippen molar-refractivity contribution in [3.8, 4) is 16.9 Å². The van der Waals surface area contributed by atoms with E-state index in [4.69, 9.17) is 4.74 Å². The summed E-state index contributed by atoms with van der Waals surface area (Å²) in [4.78, 5) is 19.0. The van der Waals surface area contributed by atoms with Gasteiger partial charge in [0.25, 0.3) is 5.91 Å². The minimum atomic E-state index is -0.0596. The number of likely N-dealkylation sites (tertiary alicyclic amines) is 1. The summed E-state index contributed by atoms with van der Waals surface area (Å²) in [6, 6.07) is 18.5. The summed E-state index contributed by atoms with van der Waals surface area (Å²) in [7, 11) is 1.58. The van der Waals surface area contributed by atoms with Crippen LogP contribution < -0.4 is 4.74 Å². The maximum Gasteiger partial charge on any atom is 0.272 e. The van der Waals surface area contributed by atoms with Crippen LogP contribution in [0.1, 0.15) is 58.3 Å². The van der Waals surface area contributed by atoms with Crippen LogP contribution in [0.3, 0.4) is 0 Å².